The lowest BCUT2D eigenvalue weighted by Crippen LogP contribution is -2.37. The molecule has 0 unspecified atom stereocenters. The molecule has 1 saturated heterocycles. The number of benzene rings is 1. The summed E-state index contributed by atoms with van der Waals surface area (Å²) in [6, 6.07) is 12.3. The summed E-state index contributed by atoms with van der Waals surface area (Å²) in [6.07, 6.45) is 2.41. The molecule has 0 spiro atoms. The maximum atomic E-state index is 5.96. The molecule has 1 N–H and O–H groups in total. The van der Waals surface area contributed by atoms with Gasteiger partial charge in [0.1, 0.15) is 5.76 Å². The van der Waals surface area contributed by atoms with Gasteiger partial charge in [-0.25, -0.2) is 4.98 Å². The monoisotopic (exact) mass is 371 g/mol. The smallest absolute Gasteiger partial charge is 0.163 e. The van der Waals surface area contributed by atoms with E-state index in [0.717, 1.165) is 61.4 Å². The van der Waals surface area contributed by atoms with Gasteiger partial charge in [-0.1, -0.05) is 12.1 Å². The van der Waals surface area contributed by atoms with Crippen LogP contribution in [0, 0.1) is 0 Å². The van der Waals surface area contributed by atoms with E-state index in [2.05, 4.69) is 21.3 Å². The molecule has 1 aliphatic heterocycles. The molecule has 0 radical (unpaired) electrons. The van der Waals surface area contributed by atoms with Gasteiger partial charge in [0.25, 0.3) is 0 Å². The van der Waals surface area contributed by atoms with Gasteiger partial charge in [-0.15, -0.1) is 11.3 Å². The molecule has 5 nitrogen and oxygen atoms in total. The number of ether oxygens (including phenoxy) is 1. The van der Waals surface area contributed by atoms with Crippen molar-refractivity contribution >= 4 is 21.6 Å². The van der Waals surface area contributed by atoms with E-state index < -0.39 is 0 Å². The van der Waals surface area contributed by atoms with E-state index in [1.807, 2.05) is 30.3 Å². The molecule has 1 fully saturated rings. The zero-order chi connectivity index (χ0) is 17.6. The molecule has 26 heavy (non-hydrogen) atoms. The zero-order valence-corrected chi connectivity index (χ0v) is 15.8. The molecule has 2 aromatic heterocycles. The van der Waals surface area contributed by atoms with Crippen molar-refractivity contribution in [1.82, 2.24) is 15.2 Å². The number of nitrogens with zero attached hydrogens (tertiary/aromatic N) is 2. The molecule has 0 aliphatic carbocycles. The van der Waals surface area contributed by atoms with Crippen LogP contribution in [0.2, 0.25) is 0 Å². The molecule has 1 aromatic carbocycles. The largest absolute Gasteiger partial charge is 0.457 e. The first-order valence-electron chi connectivity index (χ1n) is 9.34. The SMILES string of the molecule is c1ccc2sc(-c3ccc(CNCCCCN4CCOCC4)o3)nc2c1. The third-order valence-electron chi connectivity index (χ3n) is 4.65. The van der Waals surface area contributed by atoms with Gasteiger partial charge in [0.05, 0.1) is 30.0 Å². The Balaban J connectivity index is 1.20. The Labute approximate surface area is 158 Å². The number of unbranched alkanes of at least 4 members (excludes halogenated alkanes) is 1. The Kier molecular flexibility index (Phi) is 5.96. The standard InChI is InChI=1S/C20H25N3O2S/c1-2-6-19-17(5-1)22-20(26-19)18-8-7-16(25-18)15-21-9-3-4-10-23-11-13-24-14-12-23/h1-2,5-8,21H,3-4,9-15H2. The lowest BCUT2D eigenvalue weighted by atomic mass is 10.2. The summed E-state index contributed by atoms with van der Waals surface area (Å²) in [5.74, 6) is 1.82. The number of fused-ring (bicyclic) bond motifs is 1. The lowest BCUT2D eigenvalue weighted by molar-refractivity contribution is 0.0372. The van der Waals surface area contributed by atoms with E-state index in [1.165, 1.54) is 24.1 Å². The van der Waals surface area contributed by atoms with Gasteiger partial charge in [-0.2, -0.15) is 0 Å². The zero-order valence-electron chi connectivity index (χ0n) is 14.9. The number of thiazole rings is 1. The van der Waals surface area contributed by atoms with Gasteiger partial charge in [0.15, 0.2) is 10.8 Å². The normalized spacial score (nSPS) is 15.7. The van der Waals surface area contributed by atoms with Crippen molar-refractivity contribution in [2.75, 3.05) is 39.4 Å². The summed E-state index contributed by atoms with van der Waals surface area (Å²) in [5.41, 5.74) is 1.03. The number of hydrogen-bond acceptors (Lipinski definition) is 6. The number of morpholine rings is 1. The molecule has 0 amide bonds. The van der Waals surface area contributed by atoms with Crippen LogP contribution in [-0.4, -0.2) is 49.3 Å². The van der Waals surface area contributed by atoms with Crippen LogP contribution in [0.5, 0.6) is 0 Å². The minimum absolute atomic E-state index is 0.766. The second-order valence-electron chi connectivity index (χ2n) is 6.59. The predicted octanol–water partition coefficient (Wildman–Crippen LogP) is 3.76. The van der Waals surface area contributed by atoms with Gasteiger partial charge in [0.2, 0.25) is 0 Å². The first kappa shape index (κ1) is 17.7. The van der Waals surface area contributed by atoms with Crippen molar-refractivity contribution in [3.8, 4) is 10.8 Å². The van der Waals surface area contributed by atoms with E-state index in [-0.39, 0.29) is 0 Å². The highest BCUT2D eigenvalue weighted by molar-refractivity contribution is 7.21. The van der Waals surface area contributed by atoms with Crippen molar-refractivity contribution in [2.24, 2.45) is 0 Å². The van der Waals surface area contributed by atoms with Crippen molar-refractivity contribution in [3.63, 3.8) is 0 Å². The Hall–Kier alpha value is -1.73. The van der Waals surface area contributed by atoms with Crippen LogP contribution in [0.25, 0.3) is 21.0 Å². The van der Waals surface area contributed by atoms with Crippen LogP contribution >= 0.6 is 11.3 Å². The number of aromatic nitrogens is 1. The van der Waals surface area contributed by atoms with Gasteiger partial charge in [0, 0.05) is 13.1 Å². The third-order valence-corrected chi connectivity index (χ3v) is 5.70. The second kappa shape index (κ2) is 8.77. The molecular weight excluding hydrogens is 346 g/mol. The van der Waals surface area contributed by atoms with Crippen LogP contribution in [0.3, 0.4) is 0 Å². The lowest BCUT2D eigenvalue weighted by Gasteiger charge is -2.26. The van der Waals surface area contributed by atoms with E-state index in [0.29, 0.717) is 0 Å². The average Bonchev–Trinajstić information content (AvgIpc) is 3.32. The summed E-state index contributed by atoms with van der Waals surface area (Å²) in [7, 11) is 0. The number of furan rings is 1. The minimum Gasteiger partial charge on any atom is -0.457 e. The third kappa shape index (κ3) is 4.51. The second-order valence-corrected chi connectivity index (χ2v) is 7.62. The van der Waals surface area contributed by atoms with Crippen molar-refractivity contribution in [1.29, 1.82) is 0 Å². The molecule has 1 aliphatic rings. The fourth-order valence-electron chi connectivity index (χ4n) is 3.19. The molecule has 3 aromatic rings. The van der Waals surface area contributed by atoms with Crippen molar-refractivity contribution in [2.45, 2.75) is 19.4 Å². The Morgan fingerprint density at radius 2 is 1.96 bits per heavy atom. The fourth-order valence-corrected chi connectivity index (χ4v) is 4.11. The number of para-hydroxylation sites is 1. The highest BCUT2D eigenvalue weighted by atomic mass is 32.1. The topological polar surface area (TPSA) is 50.5 Å². The fraction of sp³-hybridized carbons (Fsp3) is 0.450. The quantitative estimate of drug-likeness (QED) is 0.611. The summed E-state index contributed by atoms with van der Waals surface area (Å²) in [5, 5.41) is 4.42. The van der Waals surface area contributed by atoms with Crippen molar-refractivity contribution in [3.05, 3.63) is 42.2 Å². The summed E-state index contributed by atoms with van der Waals surface area (Å²) in [4.78, 5) is 7.14. The van der Waals surface area contributed by atoms with Crippen LogP contribution in [0.1, 0.15) is 18.6 Å². The van der Waals surface area contributed by atoms with E-state index in [9.17, 15) is 0 Å². The highest BCUT2D eigenvalue weighted by Gasteiger charge is 2.11. The van der Waals surface area contributed by atoms with Crippen LogP contribution < -0.4 is 5.32 Å². The van der Waals surface area contributed by atoms with Crippen molar-refractivity contribution < 1.29 is 9.15 Å². The maximum absolute atomic E-state index is 5.96. The van der Waals surface area contributed by atoms with Crippen LogP contribution in [0.4, 0.5) is 0 Å². The molecular formula is C20H25N3O2S. The van der Waals surface area contributed by atoms with Crippen LogP contribution in [-0.2, 0) is 11.3 Å². The van der Waals surface area contributed by atoms with Gasteiger partial charge < -0.3 is 14.5 Å². The number of rotatable bonds is 8. The van der Waals surface area contributed by atoms with Crippen LogP contribution in [0.15, 0.2) is 40.8 Å². The summed E-state index contributed by atoms with van der Waals surface area (Å²) >= 11 is 1.67. The first-order chi connectivity index (χ1) is 12.9. The molecule has 0 atom stereocenters. The van der Waals surface area contributed by atoms with Gasteiger partial charge in [-0.3, -0.25) is 4.90 Å². The molecule has 4 rings (SSSR count). The highest BCUT2D eigenvalue weighted by Crippen LogP contribution is 2.31. The first-order valence-corrected chi connectivity index (χ1v) is 10.2. The molecule has 0 bridgehead atoms. The number of hydrogen-bond donors (Lipinski definition) is 1. The molecule has 0 saturated carbocycles. The number of nitrogens with one attached hydrogen (secondary N) is 1. The molecule has 138 valence electrons. The van der Waals surface area contributed by atoms with E-state index >= 15 is 0 Å². The maximum Gasteiger partial charge on any atom is 0.163 e. The Morgan fingerprint density at radius 3 is 2.85 bits per heavy atom. The summed E-state index contributed by atoms with van der Waals surface area (Å²) in [6.45, 7) is 6.88. The minimum atomic E-state index is 0.766. The molecule has 6 heteroatoms. The van der Waals surface area contributed by atoms with E-state index in [1.54, 1.807) is 11.3 Å². The van der Waals surface area contributed by atoms with Gasteiger partial charge >= 0.3 is 0 Å². The van der Waals surface area contributed by atoms with Gasteiger partial charge in [-0.05, 0) is 50.2 Å². The molecule has 3 heterocycles. The predicted molar refractivity (Wildman–Crippen MR) is 106 cm³/mol. The average molecular weight is 372 g/mol. The van der Waals surface area contributed by atoms with E-state index in [4.69, 9.17) is 9.15 Å². The Bertz CT molecular complexity index is 790. The summed E-state index contributed by atoms with van der Waals surface area (Å²) < 4.78 is 12.5. The Morgan fingerprint density at radius 1 is 1.08 bits per heavy atom.